The first-order chi connectivity index (χ1) is 5.88. The van der Waals surface area contributed by atoms with Crippen LogP contribution in [0.3, 0.4) is 0 Å². The highest BCUT2D eigenvalue weighted by molar-refractivity contribution is 4.78. The fraction of sp³-hybridized carbons (Fsp3) is 0.556. The molecule has 0 atom stereocenters. The molecular formula is C9H14N3+. The van der Waals surface area contributed by atoms with Crippen LogP contribution in [0.5, 0.6) is 0 Å². The summed E-state index contributed by atoms with van der Waals surface area (Å²) in [5.74, 6) is 1.15. The van der Waals surface area contributed by atoms with Gasteiger partial charge in [0.1, 0.15) is 18.5 Å². The number of H-pyrrole nitrogens is 1. The maximum absolute atomic E-state index is 8.50. The van der Waals surface area contributed by atoms with Crippen molar-refractivity contribution in [1.82, 2.24) is 4.98 Å². The van der Waals surface area contributed by atoms with Crippen LogP contribution in [0.25, 0.3) is 0 Å². The molecule has 1 rings (SSSR count). The maximum Gasteiger partial charge on any atom is 0.255 e. The fourth-order valence-electron chi connectivity index (χ4n) is 1.18. The van der Waals surface area contributed by atoms with Gasteiger partial charge in [0.05, 0.1) is 0 Å². The SMILES string of the molecule is CCCCc1[nH]cc[n+]1CC#N. The zero-order valence-electron chi connectivity index (χ0n) is 7.38. The summed E-state index contributed by atoms with van der Waals surface area (Å²) in [5.41, 5.74) is 0. The minimum Gasteiger partial charge on any atom is -0.248 e. The van der Waals surface area contributed by atoms with Crippen LogP contribution in [0.4, 0.5) is 0 Å². The van der Waals surface area contributed by atoms with Gasteiger partial charge < -0.3 is 0 Å². The van der Waals surface area contributed by atoms with Gasteiger partial charge in [-0.05, 0) is 6.42 Å². The van der Waals surface area contributed by atoms with E-state index in [0.29, 0.717) is 6.54 Å². The van der Waals surface area contributed by atoms with E-state index in [-0.39, 0.29) is 0 Å². The standard InChI is InChI=1S/C9H13N3/c1-2-3-4-9-11-6-8-12(9)7-5-10/h6,8H,2-4,7H2,1H3/p+1. The molecular weight excluding hydrogens is 150 g/mol. The van der Waals surface area contributed by atoms with E-state index < -0.39 is 0 Å². The van der Waals surface area contributed by atoms with E-state index in [1.807, 2.05) is 17.0 Å². The molecule has 0 spiro atoms. The first-order valence-corrected chi connectivity index (χ1v) is 4.31. The van der Waals surface area contributed by atoms with Crippen LogP contribution in [0.15, 0.2) is 12.4 Å². The average molecular weight is 164 g/mol. The lowest BCUT2D eigenvalue weighted by Crippen LogP contribution is -2.35. The number of hydrogen-bond donors (Lipinski definition) is 1. The van der Waals surface area contributed by atoms with Gasteiger partial charge in [0, 0.05) is 6.42 Å². The number of unbranched alkanes of at least 4 members (excludes halogenated alkanes) is 1. The molecule has 0 saturated heterocycles. The topological polar surface area (TPSA) is 43.5 Å². The average Bonchev–Trinajstić information content (AvgIpc) is 2.50. The minimum atomic E-state index is 0.447. The monoisotopic (exact) mass is 164 g/mol. The highest BCUT2D eigenvalue weighted by atomic mass is 15.1. The summed E-state index contributed by atoms with van der Waals surface area (Å²) in [6.07, 6.45) is 7.18. The summed E-state index contributed by atoms with van der Waals surface area (Å²) in [4.78, 5) is 3.14. The van der Waals surface area contributed by atoms with Gasteiger partial charge in [-0.3, -0.25) is 0 Å². The van der Waals surface area contributed by atoms with Gasteiger partial charge in [0.2, 0.25) is 0 Å². The third-order valence-corrected chi connectivity index (χ3v) is 1.86. The number of hydrogen-bond acceptors (Lipinski definition) is 1. The number of nitrogens with zero attached hydrogens (tertiary/aromatic N) is 2. The Morgan fingerprint density at radius 1 is 1.67 bits per heavy atom. The summed E-state index contributed by atoms with van der Waals surface area (Å²) in [6.45, 7) is 2.61. The van der Waals surface area contributed by atoms with E-state index in [2.05, 4.69) is 18.0 Å². The first kappa shape index (κ1) is 8.79. The van der Waals surface area contributed by atoms with Gasteiger partial charge >= 0.3 is 0 Å². The molecule has 3 nitrogen and oxygen atoms in total. The van der Waals surface area contributed by atoms with Gasteiger partial charge in [0.25, 0.3) is 5.82 Å². The Kier molecular flexibility index (Phi) is 3.34. The highest BCUT2D eigenvalue weighted by Gasteiger charge is 2.07. The molecule has 0 aliphatic heterocycles. The van der Waals surface area contributed by atoms with Crippen molar-refractivity contribution in [2.45, 2.75) is 32.7 Å². The van der Waals surface area contributed by atoms with Crippen molar-refractivity contribution < 1.29 is 4.57 Å². The van der Waals surface area contributed by atoms with Crippen LogP contribution >= 0.6 is 0 Å². The van der Waals surface area contributed by atoms with Crippen LogP contribution in [-0.2, 0) is 13.0 Å². The third-order valence-electron chi connectivity index (χ3n) is 1.86. The van der Waals surface area contributed by atoms with E-state index in [9.17, 15) is 0 Å². The number of nitrogens with one attached hydrogen (secondary N) is 1. The second-order valence-electron chi connectivity index (χ2n) is 2.80. The van der Waals surface area contributed by atoms with E-state index in [1.165, 1.54) is 12.8 Å². The van der Waals surface area contributed by atoms with E-state index in [4.69, 9.17) is 5.26 Å². The van der Waals surface area contributed by atoms with Crippen molar-refractivity contribution in [3.05, 3.63) is 18.2 Å². The van der Waals surface area contributed by atoms with Crippen LogP contribution in [0.1, 0.15) is 25.6 Å². The molecule has 3 heteroatoms. The van der Waals surface area contributed by atoms with Gasteiger partial charge in [-0.25, -0.2) is 9.55 Å². The molecule has 0 unspecified atom stereocenters. The molecule has 12 heavy (non-hydrogen) atoms. The zero-order chi connectivity index (χ0) is 8.81. The zero-order valence-corrected chi connectivity index (χ0v) is 7.38. The molecule has 1 N–H and O–H groups in total. The normalized spacial score (nSPS) is 9.67. The number of aryl methyl sites for hydroxylation is 1. The largest absolute Gasteiger partial charge is 0.255 e. The smallest absolute Gasteiger partial charge is 0.248 e. The summed E-state index contributed by atoms with van der Waals surface area (Å²) in [5, 5.41) is 8.50. The Hall–Kier alpha value is -1.30. The number of imidazole rings is 1. The minimum absolute atomic E-state index is 0.447. The van der Waals surface area contributed by atoms with Crippen LogP contribution in [0.2, 0.25) is 0 Å². The second kappa shape index (κ2) is 4.55. The van der Waals surface area contributed by atoms with Gasteiger partial charge in [-0.1, -0.05) is 13.3 Å². The Morgan fingerprint density at radius 3 is 3.17 bits per heavy atom. The van der Waals surface area contributed by atoms with Gasteiger partial charge in [-0.15, -0.1) is 0 Å². The molecule has 64 valence electrons. The Morgan fingerprint density at radius 2 is 2.50 bits per heavy atom. The van der Waals surface area contributed by atoms with Gasteiger partial charge in [-0.2, -0.15) is 5.26 Å². The molecule has 0 amide bonds. The number of aromatic nitrogens is 2. The molecule has 0 radical (unpaired) electrons. The quantitative estimate of drug-likeness (QED) is 0.667. The Balaban J connectivity index is 2.58. The Bertz CT molecular complexity index is 270. The second-order valence-corrected chi connectivity index (χ2v) is 2.80. The van der Waals surface area contributed by atoms with Crippen LogP contribution < -0.4 is 4.57 Å². The maximum atomic E-state index is 8.50. The summed E-state index contributed by atoms with van der Waals surface area (Å²) >= 11 is 0. The molecule has 0 aliphatic rings. The lowest BCUT2D eigenvalue weighted by Gasteiger charge is -1.93. The Labute approximate surface area is 72.7 Å². The molecule has 0 fully saturated rings. The highest BCUT2D eigenvalue weighted by Crippen LogP contribution is 1.95. The predicted octanol–water partition coefficient (Wildman–Crippen LogP) is 1.17. The van der Waals surface area contributed by atoms with Crippen molar-refractivity contribution >= 4 is 0 Å². The molecule has 0 saturated carbocycles. The van der Waals surface area contributed by atoms with Crippen LogP contribution in [-0.4, -0.2) is 4.98 Å². The van der Waals surface area contributed by atoms with Crippen molar-refractivity contribution in [3.8, 4) is 6.07 Å². The van der Waals surface area contributed by atoms with Crippen molar-refractivity contribution in [3.63, 3.8) is 0 Å². The predicted molar refractivity (Wildman–Crippen MR) is 45.2 cm³/mol. The fourth-order valence-corrected chi connectivity index (χ4v) is 1.18. The van der Waals surface area contributed by atoms with Crippen molar-refractivity contribution in [2.24, 2.45) is 0 Å². The van der Waals surface area contributed by atoms with E-state index in [1.54, 1.807) is 0 Å². The third kappa shape index (κ3) is 2.09. The number of aromatic amines is 1. The first-order valence-electron chi connectivity index (χ1n) is 4.31. The molecule has 0 aromatic carbocycles. The van der Waals surface area contributed by atoms with E-state index >= 15 is 0 Å². The van der Waals surface area contributed by atoms with Crippen LogP contribution in [0, 0.1) is 11.3 Å². The molecule has 1 aromatic heterocycles. The summed E-state index contributed by atoms with van der Waals surface area (Å²) < 4.78 is 1.95. The van der Waals surface area contributed by atoms with Gasteiger partial charge in [0.15, 0.2) is 6.54 Å². The van der Waals surface area contributed by atoms with E-state index in [0.717, 1.165) is 12.2 Å². The lowest BCUT2D eigenvalue weighted by molar-refractivity contribution is -0.691. The molecule has 0 aliphatic carbocycles. The van der Waals surface area contributed by atoms with Crippen molar-refractivity contribution in [1.29, 1.82) is 5.26 Å². The lowest BCUT2D eigenvalue weighted by atomic mass is 10.2. The van der Waals surface area contributed by atoms with Crippen molar-refractivity contribution in [2.75, 3.05) is 0 Å². The number of rotatable bonds is 4. The number of nitriles is 1. The summed E-state index contributed by atoms with van der Waals surface area (Å²) in [6, 6.07) is 2.13. The molecule has 1 heterocycles. The molecule has 0 bridgehead atoms. The summed E-state index contributed by atoms with van der Waals surface area (Å²) in [7, 11) is 0. The molecule has 1 aromatic rings.